The molecule has 4 aliphatic rings. The van der Waals surface area contributed by atoms with Crippen LogP contribution in [-0.4, -0.2) is 137 Å². The van der Waals surface area contributed by atoms with E-state index in [1.54, 1.807) is 24.0 Å². The predicted octanol–water partition coefficient (Wildman–Crippen LogP) is 7.27. The van der Waals surface area contributed by atoms with Gasteiger partial charge in [0, 0.05) is 31.6 Å². The average molecular weight is 977 g/mol. The number of nitrogens with zero attached hydrogens (tertiary/aromatic N) is 4. The van der Waals surface area contributed by atoms with Crippen LogP contribution in [0.1, 0.15) is 75.8 Å². The molecule has 4 aliphatic heterocycles. The van der Waals surface area contributed by atoms with Crippen molar-refractivity contribution in [1.29, 1.82) is 0 Å². The highest BCUT2D eigenvalue weighted by Gasteiger charge is 2.48. The summed E-state index contributed by atoms with van der Waals surface area (Å²) in [6, 6.07) is 19.7. The van der Waals surface area contributed by atoms with Gasteiger partial charge in [0.15, 0.2) is 35.5 Å². The SMILES string of the molecule is C=CCOC(=O)N1c2cc(OCCCOc3cc4c(cc3OC)C(=O)N3CCC(c5ccc(OC)cc5)C[C@H]3C(O)N4C(=O)OCC=C)c(OC)cc2C(=O)N2CCC(c3ccc(OC)cc3)C[C@H]2C1O. The lowest BCUT2D eigenvalue weighted by Gasteiger charge is -2.42. The Morgan fingerprint density at radius 1 is 0.592 bits per heavy atom. The Morgan fingerprint density at radius 3 is 1.34 bits per heavy atom. The molecule has 4 heterocycles. The number of hydrogen-bond donors (Lipinski definition) is 2. The number of carbonyl (C=O) groups is 4. The summed E-state index contributed by atoms with van der Waals surface area (Å²) in [5.74, 6) is 1.38. The highest BCUT2D eigenvalue weighted by Crippen LogP contribution is 2.45. The van der Waals surface area contributed by atoms with Crippen LogP contribution in [0.25, 0.3) is 0 Å². The molecule has 0 spiro atoms. The smallest absolute Gasteiger partial charge is 0.416 e. The Hall–Kier alpha value is -7.44. The van der Waals surface area contributed by atoms with E-state index in [2.05, 4.69) is 13.2 Å². The number of fused-ring (bicyclic) bond motifs is 4. The van der Waals surface area contributed by atoms with E-state index < -0.39 is 36.7 Å². The maximum Gasteiger partial charge on any atom is 0.416 e. The molecule has 8 rings (SSSR count). The molecule has 0 aromatic heterocycles. The number of benzene rings is 4. The molecule has 0 bridgehead atoms. The number of piperidine rings is 2. The molecule has 2 N–H and O–H groups in total. The summed E-state index contributed by atoms with van der Waals surface area (Å²) in [6.07, 6.45) is 0.341. The van der Waals surface area contributed by atoms with Crippen molar-refractivity contribution in [3.63, 3.8) is 0 Å². The van der Waals surface area contributed by atoms with Gasteiger partial charge in [-0.15, -0.1) is 0 Å². The fourth-order valence-corrected chi connectivity index (χ4v) is 9.98. The fourth-order valence-electron chi connectivity index (χ4n) is 9.98. The van der Waals surface area contributed by atoms with Gasteiger partial charge in [-0.2, -0.15) is 0 Å². The molecule has 0 aliphatic carbocycles. The molecule has 376 valence electrons. The van der Waals surface area contributed by atoms with Gasteiger partial charge in [0.05, 0.1) is 76.2 Å². The fraction of sp³-hybridized carbons (Fsp3) is 0.396. The zero-order valence-corrected chi connectivity index (χ0v) is 40.3. The second kappa shape index (κ2) is 22.1. The van der Waals surface area contributed by atoms with Crippen LogP contribution in [0.4, 0.5) is 21.0 Å². The lowest BCUT2D eigenvalue weighted by atomic mass is 9.84. The maximum atomic E-state index is 14.4. The van der Waals surface area contributed by atoms with Gasteiger partial charge >= 0.3 is 12.2 Å². The van der Waals surface area contributed by atoms with Gasteiger partial charge in [0.1, 0.15) is 24.7 Å². The number of aliphatic hydroxyl groups excluding tert-OH is 2. The van der Waals surface area contributed by atoms with Crippen LogP contribution in [0.2, 0.25) is 0 Å². The van der Waals surface area contributed by atoms with Crippen LogP contribution >= 0.6 is 0 Å². The minimum absolute atomic E-state index is 0.0214. The summed E-state index contributed by atoms with van der Waals surface area (Å²) in [4.78, 5) is 61.8. The molecule has 6 atom stereocenters. The summed E-state index contributed by atoms with van der Waals surface area (Å²) in [5, 5.41) is 24.2. The zero-order chi connectivity index (χ0) is 50.3. The monoisotopic (exact) mass is 976 g/mol. The Balaban J connectivity index is 1.01. The van der Waals surface area contributed by atoms with Gasteiger partial charge in [-0.3, -0.25) is 9.59 Å². The molecular formula is C53H60N4O14. The largest absolute Gasteiger partial charge is 0.497 e. The first-order valence-electron chi connectivity index (χ1n) is 23.5. The number of hydrogen-bond acceptors (Lipinski definition) is 14. The average Bonchev–Trinajstić information content (AvgIpc) is 3.55. The maximum absolute atomic E-state index is 14.4. The normalized spacial score (nSPS) is 21.5. The van der Waals surface area contributed by atoms with Crippen molar-refractivity contribution in [2.45, 2.75) is 68.5 Å². The van der Waals surface area contributed by atoms with Crippen molar-refractivity contribution < 1.29 is 67.3 Å². The molecule has 2 saturated heterocycles. The third kappa shape index (κ3) is 10.1. The highest BCUT2D eigenvalue weighted by atomic mass is 16.6. The lowest BCUT2D eigenvalue weighted by molar-refractivity contribution is 0.0193. The van der Waals surface area contributed by atoms with Crippen LogP contribution < -0.4 is 38.2 Å². The number of ether oxygens (including phenoxy) is 8. The summed E-state index contributed by atoms with van der Waals surface area (Å²) in [6.45, 7) is 7.75. The minimum atomic E-state index is -1.49. The van der Waals surface area contributed by atoms with Gasteiger partial charge < -0.3 is 57.9 Å². The summed E-state index contributed by atoms with van der Waals surface area (Å²) in [7, 11) is 6.05. The first-order valence-corrected chi connectivity index (χ1v) is 23.5. The van der Waals surface area contributed by atoms with Crippen LogP contribution in [-0.2, 0) is 9.47 Å². The van der Waals surface area contributed by atoms with Crippen molar-refractivity contribution in [3.8, 4) is 34.5 Å². The third-order valence-corrected chi connectivity index (χ3v) is 13.6. The summed E-state index contributed by atoms with van der Waals surface area (Å²) in [5.41, 5.74) is 2.43. The Labute approximate surface area is 412 Å². The molecule has 4 amide bonds. The third-order valence-electron chi connectivity index (χ3n) is 13.6. The quantitative estimate of drug-likeness (QED) is 0.0841. The molecule has 18 heteroatoms. The topological polar surface area (TPSA) is 196 Å². The first kappa shape index (κ1) is 50.0. The van der Waals surface area contributed by atoms with Crippen LogP contribution in [0, 0.1) is 0 Å². The van der Waals surface area contributed by atoms with E-state index >= 15 is 0 Å². The van der Waals surface area contributed by atoms with Crippen molar-refractivity contribution in [2.75, 3.05) is 77.8 Å². The van der Waals surface area contributed by atoms with Crippen molar-refractivity contribution in [1.82, 2.24) is 9.80 Å². The molecule has 4 aromatic carbocycles. The second-order valence-corrected chi connectivity index (χ2v) is 17.5. The first-order chi connectivity index (χ1) is 34.4. The van der Waals surface area contributed by atoms with E-state index in [-0.39, 0.29) is 102 Å². The molecule has 71 heavy (non-hydrogen) atoms. The standard InChI is InChI=1S/C53H60N4O14/c1-7-22-70-52(62)56-40-30-46(44(66-5)28-38(40)48(58)54-20-18-34(26-42(54)50(56)60)32-10-14-36(64-3)15-11-32)68-24-9-25-69-47-31-41-39(29-45(47)67-6)49(59)55-21-19-35(33-12-16-37(65-4)17-13-33)27-43(55)51(61)57(41)53(63)71-23-8-2/h7-8,10-17,28-31,34-35,42-43,50-51,60-61H,1-2,9,18-27H2,3-6H3/t34?,35?,42-,43-,50?,51?/m0/s1. The lowest BCUT2D eigenvalue weighted by Crippen LogP contribution is -2.56. The molecule has 2 fully saturated rings. The Bertz CT molecular complexity index is 2430. The van der Waals surface area contributed by atoms with E-state index in [0.29, 0.717) is 50.3 Å². The van der Waals surface area contributed by atoms with Gasteiger partial charge in [-0.05, 0) is 85.0 Å². The van der Waals surface area contributed by atoms with Crippen molar-refractivity contribution in [2.24, 2.45) is 0 Å². The minimum Gasteiger partial charge on any atom is -0.497 e. The number of anilines is 2. The van der Waals surface area contributed by atoms with Crippen LogP contribution in [0.3, 0.4) is 0 Å². The van der Waals surface area contributed by atoms with E-state index in [4.69, 9.17) is 37.9 Å². The predicted molar refractivity (Wildman–Crippen MR) is 261 cm³/mol. The zero-order valence-electron chi connectivity index (χ0n) is 40.3. The number of amides is 4. The number of carbonyl (C=O) groups excluding carboxylic acids is 4. The molecule has 4 aromatic rings. The molecule has 4 unspecified atom stereocenters. The summed E-state index contributed by atoms with van der Waals surface area (Å²) < 4.78 is 45.5. The van der Waals surface area contributed by atoms with Crippen molar-refractivity contribution >= 4 is 35.4 Å². The van der Waals surface area contributed by atoms with E-state index in [9.17, 15) is 29.4 Å². The van der Waals surface area contributed by atoms with E-state index in [0.717, 1.165) is 20.9 Å². The number of rotatable bonds is 16. The summed E-state index contributed by atoms with van der Waals surface area (Å²) >= 11 is 0. The Kier molecular flexibility index (Phi) is 15.6. The van der Waals surface area contributed by atoms with Gasteiger partial charge in [-0.25, -0.2) is 19.4 Å². The van der Waals surface area contributed by atoms with E-state index in [1.807, 2.05) is 48.5 Å². The van der Waals surface area contributed by atoms with Crippen LogP contribution in [0.15, 0.2) is 98.1 Å². The number of aliphatic hydroxyl groups is 2. The Morgan fingerprint density at radius 2 is 0.986 bits per heavy atom. The van der Waals surface area contributed by atoms with Crippen LogP contribution in [0.5, 0.6) is 34.5 Å². The van der Waals surface area contributed by atoms with Gasteiger partial charge in [-0.1, -0.05) is 49.6 Å². The van der Waals surface area contributed by atoms with Gasteiger partial charge in [0.2, 0.25) is 0 Å². The molecular weight excluding hydrogens is 917 g/mol. The second-order valence-electron chi connectivity index (χ2n) is 17.5. The molecule has 0 saturated carbocycles. The number of methoxy groups -OCH3 is 4. The highest BCUT2D eigenvalue weighted by molar-refractivity contribution is 6.07. The van der Waals surface area contributed by atoms with E-state index in [1.165, 1.54) is 50.6 Å². The molecule has 18 nitrogen and oxygen atoms in total. The van der Waals surface area contributed by atoms with Crippen molar-refractivity contribution in [3.05, 3.63) is 120 Å². The van der Waals surface area contributed by atoms with Gasteiger partial charge in [0.25, 0.3) is 11.8 Å². The molecule has 0 radical (unpaired) electrons.